The van der Waals surface area contributed by atoms with Gasteiger partial charge in [-0.15, -0.1) is 11.3 Å². The van der Waals surface area contributed by atoms with Crippen molar-refractivity contribution >= 4 is 27.3 Å². The van der Waals surface area contributed by atoms with Crippen LogP contribution in [0.2, 0.25) is 0 Å². The van der Waals surface area contributed by atoms with Gasteiger partial charge in [0.25, 0.3) is 5.91 Å². The van der Waals surface area contributed by atoms with Crippen LogP contribution in [0.15, 0.2) is 40.6 Å². The highest BCUT2D eigenvalue weighted by atomic mass is 32.2. The lowest BCUT2D eigenvalue weighted by Gasteiger charge is -2.32. The SMILES string of the molecule is CC1CCCCN1S(=O)(=O)c1cccc(C(=O)N2CCc3sccc3C2)c1. The Morgan fingerprint density at radius 1 is 1.19 bits per heavy atom. The van der Waals surface area contributed by atoms with Crippen LogP contribution in [-0.2, 0) is 23.0 Å². The molecule has 5 nitrogen and oxygen atoms in total. The van der Waals surface area contributed by atoms with Crippen molar-refractivity contribution in [3.05, 3.63) is 51.7 Å². The Morgan fingerprint density at radius 3 is 2.85 bits per heavy atom. The van der Waals surface area contributed by atoms with E-state index in [1.807, 2.05) is 11.8 Å². The number of fused-ring (bicyclic) bond motifs is 1. The van der Waals surface area contributed by atoms with Gasteiger partial charge >= 0.3 is 0 Å². The first kappa shape index (κ1) is 18.7. The van der Waals surface area contributed by atoms with Crippen LogP contribution >= 0.6 is 11.3 Å². The van der Waals surface area contributed by atoms with Crippen LogP contribution in [0.5, 0.6) is 0 Å². The standard InChI is InChI=1S/C20H24N2O3S2/c1-15-5-2-3-10-22(15)27(24,25)18-7-4-6-16(13-18)20(23)21-11-8-19-17(14-21)9-12-26-19/h4,6-7,9,12-13,15H,2-3,5,8,10-11,14H2,1H3. The predicted molar refractivity (Wildman–Crippen MR) is 106 cm³/mol. The fourth-order valence-corrected chi connectivity index (χ4v) is 6.59. The number of hydrogen-bond donors (Lipinski definition) is 0. The van der Waals surface area contributed by atoms with Gasteiger partial charge < -0.3 is 4.90 Å². The summed E-state index contributed by atoms with van der Waals surface area (Å²) < 4.78 is 27.7. The van der Waals surface area contributed by atoms with Gasteiger partial charge in [-0.3, -0.25) is 4.79 Å². The summed E-state index contributed by atoms with van der Waals surface area (Å²) in [5.74, 6) is -0.101. The molecule has 1 fully saturated rings. The largest absolute Gasteiger partial charge is 0.334 e. The normalized spacial score (nSPS) is 21.1. The van der Waals surface area contributed by atoms with Gasteiger partial charge in [0.15, 0.2) is 0 Å². The molecule has 0 spiro atoms. The quantitative estimate of drug-likeness (QED) is 0.787. The van der Waals surface area contributed by atoms with E-state index in [-0.39, 0.29) is 16.8 Å². The Balaban J connectivity index is 1.58. The van der Waals surface area contributed by atoms with Crippen LogP contribution in [0.4, 0.5) is 0 Å². The summed E-state index contributed by atoms with van der Waals surface area (Å²) in [6, 6.07) is 8.60. The molecule has 0 saturated carbocycles. The lowest BCUT2D eigenvalue weighted by atomic mass is 10.1. The molecule has 0 N–H and O–H groups in total. The van der Waals surface area contributed by atoms with E-state index in [0.717, 1.165) is 25.7 Å². The summed E-state index contributed by atoms with van der Waals surface area (Å²) >= 11 is 1.73. The van der Waals surface area contributed by atoms with E-state index in [9.17, 15) is 13.2 Å². The second-order valence-electron chi connectivity index (χ2n) is 7.33. The number of hydrogen-bond acceptors (Lipinski definition) is 4. The van der Waals surface area contributed by atoms with Crippen molar-refractivity contribution in [2.45, 2.75) is 50.1 Å². The molecule has 0 bridgehead atoms. The number of nitrogens with zero attached hydrogens (tertiary/aromatic N) is 2. The third-order valence-corrected chi connectivity index (χ3v) is 8.56. The van der Waals surface area contributed by atoms with Gasteiger partial charge in [-0.25, -0.2) is 8.42 Å². The van der Waals surface area contributed by atoms with Crippen LogP contribution in [0.3, 0.4) is 0 Å². The minimum atomic E-state index is -3.57. The molecular formula is C20H24N2O3S2. The molecule has 0 radical (unpaired) electrons. The molecule has 1 amide bonds. The molecule has 144 valence electrons. The zero-order valence-corrected chi connectivity index (χ0v) is 17.1. The van der Waals surface area contributed by atoms with Crippen molar-refractivity contribution in [3.63, 3.8) is 0 Å². The third kappa shape index (κ3) is 3.56. The average molecular weight is 405 g/mol. The Kier molecular flexibility index (Phi) is 5.09. The maximum atomic E-state index is 13.1. The van der Waals surface area contributed by atoms with Crippen molar-refractivity contribution in [1.29, 1.82) is 0 Å². The predicted octanol–water partition coefficient (Wildman–Crippen LogP) is 3.51. The van der Waals surface area contributed by atoms with Crippen molar-refractivity contribution in [1.82, 2.24) is 9.21 Å². The van der Waals surface area contributed by atoms with Gasteiger partial charge in [-0.2, -0.15) is 4.31 Å². The molecule has 2 aliphatic rings. The summed E-state index contributed by atoms with van der Waals surface area (Å²) in [5.41, 5.74) is 1.64. The van der Waals surface area contributed by atoms with Crippen LogP contribution in [0, 0.1) is 0 Å². The number of carbonyl (C=O) groups is 1. The van der Waals surface area contributed by atoms with E-state index < -0.39 is 10.0 Å². The summed E-state index contributed by atoms with van der Waals surface area (Å²) in [4.78, 5) is 16.3. The van der Waals surface area contributed by atoms with Crippen LogP contribution < -0.4 is 0 Å². The summed E-state index contributed by atoms with van der Waals surface area (Å²) in [6.07, 6.45) is 3.70. The molecule has 27 heavy (non-hydrogen) atoms. The average Bonchev–Trinajstić information content (AvgIpc) is 3.15. The monoisotopic (exact) mass is 404 g/mol. The molecule has 1 aromatic heterocycles. The molecule has 1 aromatic carbocycles. The number of thiophene rings is 1. The van der Waals surface area contributed by atoms with Crippen molar-refractivity contribution in [2.75, 3.05) is 13.1 Å². The van der Waals surface area contributed by atoms with Crippen LogP contribution in [-0.4, -0.2) is 42.7 Å². The summed E-state index contributed by atoms with van der Waals surface area (Å²) in [7, 11) is -3.57. The smallest absolute Gasteiger partial charge is 0.254 e. The molecule has 0 aliphatic carbocycles. The lowest BCUT2D eigenvalue weighted by Crippen LogP contribution is -2.42. The molecule has 1 unspecified atom stereocenters. The number of benzene rings is 1. The second-order valence-corrected chi connectivity index (χ2v) is 10.2. The van der Waals surface area contributed by atoms with E-state index >= 15 is 0 Å². The molecule has 3 heterocycles. The molecule has 1 saturated heterocycles. The van der Waals surface area contributed by atoms with Gasteiger partial charge in [0.2, 0.25) is 10.0 Å². The Bertz CT molecular complexity index is 952. The number of rotatable bonds is 3. The molecule has 2 aliphatic heterocycles. The summed E-state index contributed by atoms with van der Waals surface area (Å²) in [5, 5.41) is 2.06. The Morgan fingerprint density at radius 2 is 2.04 bits per heavy atom. The highest BCUT2D eigenvalue weighted by Gasteiger charge is 2.31. The zero-order valence-electron chi connectivity index (χ0n) is 15.4. The Hall–Kier alpha value is -1.70. The minimum absolute atomic E-state index is 0.00205. The first-order valence-electron chi connectivity index (χ1n) is 9.43. The van der Waals surface area contributed by atoms with E-state index in [1.54, 1.807) is 39.9 Å². The number of sulfonamides is 1. The zero-order chi connectivity index (χ0) is 19.0. The molecular weight excluding hydrogens is 380 g/mol. The van der Waals surface area contributed by atoms with Gasteiger partial charge in [0.1, 0.15) is 0 Å². The van der Waals surface area contributed by atoms with Crippen molar-refractivity contribution < 1.29 is 13.2 Å². The number of carbonyl (C=O) groups excluding carboxylic acids is 1. The Labute approximate surface area is 164 Å². The highest BCUT2D eigenvalue weighted by Crippen LogP contribution is 2.27. The van der Waals surface area contributed by atoms with E-state index in [0.29, 0.717) is 25.2 Å². The van der Waals surface area contributed by atoms with Gasteiger partial charge in [-0.05, 0) is 61.4 Å². The van der Waals surface area contributed by atoms with Crippen LogP contribution in [0.25, 0.3) is 0 Å². The molecule has 1 atom stereocenters. The fraction of sp³-hybridized carbons (Fsp3) is 0.450. The minimum Gasteiger partial charge on any atom is -0.334 e. The van der Waals surface area contributed by atoms with E-state index in [2.05, 4.69) is 11.4 Å². The topological polar surface area (TPSA) is 57.7 Å². The highest BCUT2D eigenvalue weighted by molar-refractivity contribution is 7.89. The van der Waals surface area contributed by atoms with Gasteiger partial charge in [-0.1, -0.05) is 12.5 Å². The second kappa shape index (κ2) is 7.37. The first-order valence-corrected chi connectivity index (χ1v) is 11.8. The molecule has 7 heteroatoms. The fourth-order valence-electron chi connectivity index (χ4n) is 3.96. The van der Waals surface area contributed by atoms with Crippen LogP contribution in [0.1, 0.15) is 47.0 Å². The molecule has 4 rings (SSSR count). The van der Waals surface area contributed by atoms with Crippen molar-refractivity contribution in [3.8, 4) is 0 Å². The third-order valence-electron chi connectivity index (χ3n) is 5.52. The number of amides is 1. The van der Waals surface area contributed by atoms with E-state index in [1.165, 1.54) is 10.4 Å². The van der Waals surface area contributed by atoms with Crippen molar-refractivity contribution in [2.24, 2.45) is 0 Å². The summed E-state index contributed by atoms with van der Waals surface area (Å²) in [6.45, 7) is 3.77. The van der Waals surface area contributed by atoms with Gasteiger partial charge in [0, 0.05) is 36.1 Å². The molecule has 2 aromatic rings. The van der Waals surface area contributed by atoms with E-state index in [4.69, 9.17) is 0 Å². The maximum absolute atomic E-state index is 13.1. The first-order chi connectivity index (χ1) is 13.0. The van der Waals surface area contributed by atoms with Gasteiger partial charge in [0.05, 0.1) is 4.90 Å². The lowest BCUT2D eigenvalue weighted by molar-refractivity contribution is 0.0735. The number of piperidine rings is 1. The maximum Gasteiger partial charge on any atom is 0.254 e.